The standard InChI is InChI=1S/C15H12Cl2N6O3/c16-10-2-1-9(5-11(10)17)6-22-8-18-15(21-22)20-14(26)12-3-4-19-23(12)7-13(24)25/h1-5,8H,6-7H2,(H,24,25)(H,20,21,26). The fourth-order valence-electron chi connectivity index (χ4n) is 2.20. The molecule has 0 saturated carbocycles. The molecule has 3 aromatic rings. The minimum atomic E-state index is -1.10. The predicted octanol–water partition coefficient (Wildman–Crippen LogP) is 2.17. The first-order valence-corrected chi connectivity index (χ1v) is 8.06. The number of rotatable bonds is 6. The lowest BCUT2D eigenvalue weighted by Gasteiger charge is -2.04. The second-order valence-corrected chi connectivity index (χ2v) is 6.05. The van der Waals surface area contributed by atoms with Crippen LogP contribution in [-0.4, -0.2) is 41.5 Å². The molecule has 0 saturated heterocycles. The average Bonchev–Trinajstić information content (AvgIpc) is 3.20. The van der Waals surface area contributed by atoms with Crippen LogP contribution in [0.4, 0.5) is 5.95 Å². The molecule has 1 aromatic carbocycles. The number of benzene rings is 1. The molecule has 0 spiro atoms. The van der Waals surface area contributed by atoms with Gasteiger partial charge in [-0.3, -0.25) is 14.9 Å². The Balaban J connectivity index is 1.68. The summed E-state index contributed by atoms with van der Waals surface area (Å²) in [6.07, 6.45) is 2.79. The molecule has 0 atom stereocenters. The summed E-state index contributed by atoms with van der Waals surface area (Å²) in [5.74, 6) is -1.58. The predicted molar refractivity (Wildman–Crippen MR) is 93.4 cm³/mol. The Hall–Kier alpha value is -2.91. The average molecular weight is 395 g/mol. The van der Waals surface area contributed by atoms with Crippen molar-refractivity contribution in [1.82, 2.24) is 24.5 Å². The third kappa shape index (κ3) is 4.19. The number of nitrogens with one attached hydrogen (secondary N) is 1. The van der Waals surface area contributed by atoms with Crippen LogP contribution in [0, 0.1) is 0 Å². The highest BCUT2D eigenvalue weighted by atomic mass is 35.5. The summed E-state index contributed by atoms with van der Waals surface area (Å²) >= 11 is 11.9. The summed E-state index contributed by atoms with van der Waals surface area (Å²) < 4.78 is 2.59. The lowest BCUT2D eigenvalue weighted by Crippen LogP contribution is -2.21. The second-order valence-electron chi connectivity index (χ2n) is 5.24. The van der Waals surface area contributed by atoms with Crippen LogP contribution in [0.2, 0.25) is 10.0 Å². The van der Waals surface area contributed by atoms with E-state index in [2.05, 4.69) is 20.5 Å². The van der Waals surface area contributed by atoms with E-state index in [1.165, 1.54) is 23.3 Å². The Morgan fingerprint density at radius 3 is 2.73 bits per heavy atom. The van der Waals surface area contributed by atoms with E-state index in [1.54, 1.807) is 18.2 Å². The summed E-state index contributed by atoms with van der Waals surface area (Å²) in [6, 6.07) is 6.61. The monoisotopic (exact) mass is 394 g/mol. The van der Waals surface area contributed by atoms with Crippen molar-refractivity contribution in [3.05, 3.63) is 58.1 Å². The number of carbonyl (C=O) groups excluding carboxylic acids is 1. The zero-order valence-electron chi connectivity index (χ0n) is 13.1. The lowest BCUT2D eigenvalue weighted by atomic mass is 10.2. The molecule has 11 heteroatoms. The van der Waals surface area contributed by atoms with Gasteiger partial charge < -0.3 is 5.11 Å². The number of hydrogen-bond acceptors (Lipinski definition) is 5. The minimum Gasteiger partial charge on any atom is -0.480 e. The molecule has 2 aromatic heterocycles. The topological polar surface area (TPSA) is 115 Å². The second kappa shape index (κ2) is 7.54. The fraction of sp³-hybridized carbons (Fsp3) is 0.133. The van der Waals surface area contributed by atoms with Crippen LogP contribution in [0.3, 0.4) is 0 Å². The minimum absolute atomic E-state index is 0.0816. The molecule has 0 aliphatic rings. The summed E-state index contributed by atoms with van der Waals surface area (Å²) in [7, 11) is 0. The highest BCUT2D eigenvalue weighted by molar-refractivity contribution is 6.42. The molecule has 0 fully saturated rings. The molecule has 0 bridgehead atoms. The summed E-state index contributed by atoms with van der Waals surface area (Å²) in [4.78, 5) is 27.0. The molecule has 0 radical (unpaired) electrons. The molecule has 9 nitrogen and oxygen atoms in total. The summed E-state index contributed by atoms with van der Waals surface area (Å²) in [5, 5.41) is 20.2. The fourth-order valence-corrected chi connectivity index (χ4v) is 2.52. The molecule has 2 heterocycles. The number of carboxylic acids is 1. The van der Waals surface area contributed by atoms with Crippen molar-refractivity contribution in [2.75, 3.05) is 5.32 Å². The Morgan fingerprint density at radius 2 is 2.00 bits per heavy atom. The Bertz CT molecular complexity index is 968. The van der Waals surface area contributed by atoms with Crippen LogP contribution in [0.15, 0.2) is 36.8 Å². The van der Waals surface area contributed by atoms with Gasteiger partial charge in [-0.1, -0.05) is 29.3 Å². The van der Waals surface area contributed by atoms with Crippen molar-refractivity contribution >= 4 is 41.0 Å². The van der Waals surface area contributed by atoms with Gasteiger partial charge in [-0.25, -0.2) is 14.3 Å². The number of aliphatic carboxylic acids is 1. The first-order valence-electron chi connectivity index (χ1n) is 7.30. The van der Waals surface area contributed by atoms with Gasteiger partial charge >= 0.3 is 5.97 Å². The summed E-state index contributed by atoms with van der Waals surface area (Å²) in [5.41, 5.74) is 0.954. The maximum absolute atomic E-state index is 12.2. The van der Waals surface area contributed by atoms with Crippen LogP contribution in [0.25, 0.3) is 0 Å². The van der Waals surface area contributed by atoms with Crippen LogP contribution in [0.1, 0.15) is 16.1 Å². The quantitative estimate of drug-likeness (QED) is 0.661. The van der Waals surface area contributed by atoms with Gasteiger partial charge in [0.05, 0.1) is 16.6 Å². The van der Waals surface area contributed by atoms with E-state index < -0.39 is 18.4 Å². The van der Waals surface area contributed by atoms with E-state index in [0.717, 1.165) is 10.2 Å². The third-order valence-electron chi connectivity index (χ3n) is 3.32. The molecule has 1 amide bonds. The lowest BCUT2D eigenvalue weighted by molar-refractivity contribution is -0.137. The van der Waals surface area contributed by atoms with E-state index in [4.69, 9.17) is 28.3 Å². The highest BCUT2D eigenvalue weighted by Crippen LogP contribution is 2.22. The van der Waals surface area contributed by atoms with Gasteiger partial charge in [-0.2, -0.15) is 5.10 Å². The molecule has 0 aliphatic carbocycles. The van der Waals surface area contributed by atoms with E-state index in [1.807, 2.05) is 0 Å². The largest absolute Gasteiger partial charge is 0.480 e. The van der Waals surface area contributed by atoms with Gasteiger partial charge in [0.15, 0.2) is 0 Å². The number of carboxylic acid groups (broad SMARTS) is 1. The van der Waals surface area contributed by atoms with Crippen LogP contribution >= 0.6 is 23.2 Å². The molecule has 2 N–H and O–H groups in total. The zero-order chi connectivity index (χ0) is 18.7. The number of amides is 1. The van der Waals surface area contributed by atoms with Crippen molar-refractivity contribution in [2.45, 2.75) is 13.1 Å². The first kappa shape index (κ1) is 17.9. The van der Waals surface area contributed by atoms with Gasteiger partial charge in [0.2, 0.25) is 5.95 Å². The SMILES string of the molecule is O=C(O)Cn1nccc1C(=O)Nc1ncn(Cc2ccc(Cl)c(Cl)c2)n1. The number of anilines is 1. The highest BCUT2D eigenvalue weighted by Gasteiger charge is 2.16. The van der Waals surface area contributed by atoms with Gasteiger partial charge in [-0.15, -0.1) is 5.10 Å². The smallest absolute Gasteiger partial charge is 0.325 e. The van der Waals surface area contributed by atoms with Crippen LogP contribution in [-0.2, 0) is 17.9 Å². The van der Waals surface area contributed by atoms with E-state index in [0.29, 0.717) is 16.6 Å². The molecular formula is C15H12Cl2N6O3. The number of hydrogen-bond donors (Lipinski definition) is 2. The number of carbonyl (C=O) groups is 2. The Labute approximate surface area is 157 Å². The van der Waals surface area contributed by atoms with E-state index in [-0.39, 0.29) is 11.6 Å². The van der Waals surface area contributed by atoms with Crippen molar-refractivity contribution in [2.24, 2.45) is 0 Å². The summed E-state index contributed by atoms with van der Waals surface area (Å²) in [6.45, 7) is -0.0361. The zero-order valence-corrected chi connectivity index (χ0v) is 14.6. The van der Waals surface area contributed by atoms with Crippen molar-refractivity contribution in [3.8, 4) is 0 Å². The van der Waals surface area contributed by atoms with Gasteiger partial charge in [0.1, 0.15) is 18.6 Å². The Morgan fingerprint density at radius 1 is 1.19 bits per heavy atom. The number of aromatic nitrogens is 5. The normalized spacial score (nSPS) is 10.7. The maximum Gasteiger partial charge on any atom is 0.325 e. The molecule has 134 valence electrons. The molecule has 3 rings (SSSR count). The number of nitrogens with zero attached hydrogens (tertiary/aromatic N) is 5. The van der Waals surface area contributed by atoms with Crippen molar-refractivity contribution < 1.29 is 14.7 Å². The third-order valence-corrected chi connectivity index (χ3v) is 4.06. The van der Waals surface area contributed by atoms with Gasteiger partial charge in [0, 0.05) is 6.20 Å². The van der Waals surface area contributed by atoms with Crippen molar-refractivity contribution in [3.63, 3.8) is 0 Å². The number of halogens is 2. The Kier molecular flexibility index (Phi) is 5.19. The first-order chi connectivity index (χ1) is 12.4. The van der Waals surface area contributed by atoms with E-state index in [9.17, 15) is 9.59 Å². The van der Waals surface area contributed by atoms with Crippen LogP contribution in [0.5, 0.6) is 0 Å². The molecule has 26 heavy (non-hydrogen) atoms. The van der Waals surface area contributed by atoms with E-state index >= 15 is 0 Å². The van der Waals surface area contributed by atoms with Gasteiger partial charge in [-0.05, 0) is 23.8 Å². The molecule has 0 unspecified atom stereocenters. The van der Waals surface area contributed by atoms with Crippen LogP contribution < -0.4 is 5.32 Å². The maximum atomic E-state index is 12.2. The van der Waals surface area contributed by atoms with Gasteiger partial charge in [0.25, 0.3) is 5.91 Å². The molecule has 0 aliphatic heterocycles. The molecular weight excluding hydrogens is 383 g/mol. The van der Waals surface area contributed by atoms with Crippen molar-refractivity contribution in [1.29, 1.82) is 0 Å².